The molecule has 98 valence electrons. The second-order valence-corrected chi connectivity index (χ2v) is 5.20. The molecule has 0 aromatic rings. The average molecular weight is 243 g/mol. The van der Waals surface area contributed by atoms with Crippen molar-refractivity contribution in [2.24, 2.45) is 5.73 Å². The lowest BCUT2D eigenvalue weighted by atomic mass is 10.1. The first-order chi connectivity index (χ1) is 7.79. The molecule has 2 amide bonds. The van der Waals surface area contributed by atoms with Crippen LogP contribution in [0.1, 0.15) is 27.2 Å². The largest absolute Gasteiger partial charge is 0.444 e. The van der Waals surface area contributed by atoms with Gasteiger partial charge in [-0.2, -0.15) is 0 Å². The molecule has 6 nitrogen and oxygen atoms in total. The number of nitrogens with two attached hydrogens (primary N) is 1. The minimum Gasteiger partial charge on any atom is -0.444 e. The number of amides is 2. The van der Waals surface area contributed by atoms with E-state index in [1.807, 2.05) is 20.8 Å². The second-order valence-electron chi connectivity index (χ2n) is 5.20. The Morgan fingerprint density at radius 2 is 2.12 bits per heavy atom. The molecule has 0 aromatic heterocycles. The van der Waals surface area contributed by atoms with Crippen LogP contribution in [-0.2, 0) is 9.53 Å². The Kier molecular flexibility index (Phi) is 4.34. The van der Waals surface area contributed by atoms with Gasteiger partial charge in [0.25, 0.3) is 0 Å². The van der Waals surface area contributed by atoms with E-state index < -0.39 is 11.5 Å². The van der Waals surface area contributed by atoms with Gasteiger partial charge in [0.15, 0.2) is 0 Å². The van der Waals surface area contributed by atoms with Crippen molar-refractivity contribution < 1.29 is 14.3 Å². The summed E-state index contributed by atoms with van der Waals surface area (Å²) in [5, 5.41) is 3.13. The van der Waals surface area contributed by atoms with Crippen molar-refractivity contribution in [3.05, 3.63) is 0 Å². The Bertz CT molecular complexity index is 299. The summed E-state index contributed by atoms with van der Waals surface area (Å²) in [6.45, 7) is 7.26. The standard InChI is InChI=1S/C11H21N3O3/c1-11(2,3)17-10(16)14-5-4-13-7-8(14)6-9(12)15/h8,13H,4-7H2,1-3H3,(H2,12,15). The molecule has 0 spiro atoms. The third kappa shape index (κ3) is 4.60. The molecule has 1 fully saturated rings. The Balaban J connectivity index is 2.64. The minimum atomic E-state index is -0.529. The Labute approximate surface area is 101 Å². The maximum atomic E-state index is 11.9. The second kappa shape index (κ2) is 5.35. The van der Waals surface area contributed by atoms with Gasteiger partial charge in [-0.3, -0.25) is 4.79 Å². The van der Waals surface area contributed by atoms with Gasteiger partial charge in [0, 0.05) is 26.1 Å². The van der Waals surface area contributed by atoms with E-state index in [9.17, 15) is 9.59 Å². The Morgan fingerprint density at radius 3 is 2.65 bits per heavy atom. The smallest absolute Gasteiger partial charge is 0.410 e. The van der Waals surface area contributed by atoms with Gasteiger partial charge in [0.1, 0.15) is 5.60 Å². The number of carbonyl (C=O) groups excluding carboxylic acids is 2. The molecule has 1 unspecified atom stereocenters. The SMILES string of the molecule is CC(C)(C)OC(=O)N1CCNCC1CC(N)=O. The highest BCUT2D eigenvalue weighted by atomic mass is 16.6. The topological polar surface area (TPSA) is 84.7 Å². The van der Waals surface area contributed by atoms with E-state index in [1.54, 1.807) is 4.90 Å². The van der Waals surface area contributed by atoms with Gasteiger partial charge in [-0.1, -0.05) is 0 Å². The number of primary amides is 1. The summed E-state index contributed by atoms with van der Waals surface area (Å²) in [4.78, 5) is 24.4. The molecule has 17 heavy (non-hydrogen) atoms. The van der Waals surface area contributed by atoms with Crippen LogP contribution in [0.25, 0.3) is 0 Å². The molecule has 1 heterocycles. The Morgan fingerprint density at radius 1 is 1.47 bits per heavy atom. The van der Waals surface area contributed by atoms with Crippen LogP contribution < -0.4 is 11.1 Å². The summed E-state index contributed by atoms with van der Waals surface area (Å²) in [7, 11) is 0. The quantitative estimate of drug-likeness (QED) is 0.719. The number of nitrogens with one attached hydrogen (secondary N) is 1. The molecule has 1 rings (SSSR count). The van der Waals surface area contributed by atoms with Crippen LogP contribution in [0.3, 0.4) is 0 Å². The van der Waals surface area contributed by atoms with Crippen LogP contribution in [0.2, 0.25) is 0 Å². The zero-order valence-electron chi connectivity index (χ0n) is 10.7. The fourth-order valence-electron chi connectivity index (χ4n) is 1.74. The van der Waals surface area contributed by atoms with Crippen LogP contribution in [-0.4, -0.2) is 48.2 Å². The highest BCUT2D eigenvalue weighted by Crippen LogP contribution is 2.14. The number of hydrogen-bond acceptors (Lipinski definition) is 4. The third-order valence-electron chi connectivity index (χ3n) is 2.42. The zero-order chi connectivity index (χ0) is 13.1. The summed E-state index contributed by atoms with van der Waals surface area (Å²) >= 11 is 0. The minimum absolute atomic E-state index is 0.159. The molecule has 0 aromatic carbocycles. The zero-order valence-corrected chi connectivity index (χ0v) is 10.7. The predicted molar refractivity (Wildman–Crippen MR) is 63.4 cm³/mol. The van der Waals surface area contributed by atoms with Crippen LogP contribution in [0.5, 0.6) is 0 Å². The number of ether oxygens (including phenoxy) is 1. The van der Waals surface area contributed by atoms with E-state index in [-0.39, 0.29) is 18.6 Å². The number of carbonyl (C=O) groups is 2. The predicted octanol–water partition coefficient (Wildman–Crippen LogP) is 0.0707. The maximum Gasteiger partial charge on any atom is 0.410 e. The van der Waals surface area contributed by atoms with E-state index in [0.717, 1.165) is 0 Å². The van der Waals surface area contributed by atoms with Gasteiger partial charge in [0.05, 0.1) is 6.04 Å². The van der Waals surface area contributed by atoms with Crippen molar-refractivity contribution in [3.63, 3.8) is 0 Å². The molecule has 1 saturated heterocycles. The van der Waals surface area contributed by atoms with Crippen LogP contribution in [0, 0.1) is 0 Å². The average Bonchev–Trinajstić information content (AvgIpc) is 2.14. The highest BCUT2D eigenvalue weighted by molar-refractivity contribution is 5.76. The van der Waals surface area contributed by atoms with Gasteiger partial charge >= 0.3 is 6.09 Å². The van der Waals surface area contributed by atoms with E-state index >= 15 is 0 Å². The number of piperazine rings is 1. The molecule has 0 bridgehead atoms. The maximum absolute atomic E-state index is 11.9. The fourth-order valence-corrected chi connectivity index (χ4v) is 1.74. The van der Waals surface area contributed by atoms with E-state index in [4.69, 9.17) is 10.5 Å². The van der Waals surface area contributed by atoms with Crippen molar-refractivity contribution in [1.82, 2.24) is 10.2 Å². The summed E-state index contributed by atoms with van der Waals surface area (Å²) in [5.74, 6) is -0.410. The fraction of sp³-hybridized carbons (Fsp3) is 0.818. The Hall–Kier alpha value is -1.30. The first kappa shape index (κ1) is 13.8. The van der Waals surface area contributed by atoms with Gasteiger partial charge in [0.2, 0.25) is 5.91 Å². The summed E-state index contributed by atoms with van der Waals surface area (Å²) in [6.07, 6.45) is -0.225. The molecule has 0 aliphatic carbocycles. The summed E-state index contributed by atoms with van der Waals surface area (Å²) in [6, 6.07) is -0.212. The molecule has 0 saturated carbocycles. The van der Waals surface area contributed by atoms with Crippen molar-refractivity contribution >= 4 is 12.0 Å². The van der Waals surface area contributed by atoms with Crippen LogP contribution in [0.15, 0.2) is 0 Å². The third-order valence-corrected chi connectivity index (χ3v) is 2.42. The first-order valence-corrected chi connectivity index (χ1v) is 5.78. The lowest BCUT2D eigenvalue weighted by Gasteiger charge is -2.36. The van der Waals surface area contributed by atoms with E-state index in [2.05, 4.69) is 5.32 Å². The molecule has 0 radical (unpaired) electrons. The van der Waals surface area contributed by atoms with Crippen LogP contribution in [0.4, 0.5) is 4.79 Å². The van der Waals surface area contributed by atoms with E-state index in [1.165, 1.54) is 0 Å². The van der Waals surface area contributed by atoms with Gasteiger partial charge in [-0.15, -0.1) is 0 Å². The van der Waals surface area contributed by atoms with Crippen molar-refractivity contribution in [1.29, 1.82) is 0 Å². The number of nitrogens with zero attached hydrogens (tertiary/aromatic N) is 1. The number of hydrogen-bond donors (Lipinski definition) is 2. The molecule has 1 atom stereocenters. The highest BCUT2D eigenvalue weighted by Gasteiger charge is 2.31. The van der Waals surface area contributed by atoms with Crippen molar-refractivity contribution in [3.8, 4) is 0 Å². The van der Waals surface area contributed by atoms with Gasteiger partial charge in [-0.25, -0.2) is 4.79 Å². The molecule has 3 N–H and O–H groups in total. The summed E-state index contributed by atoms with van der Waals surface area (Å²) in [5.41, 5.74) is 4.64. The van der Waals surface area contributed by atoms with E-state index in [0.29, 0.717) is 19.6 Å². The monoisotopic (exact) mass is 243 g/mol. The number of rotatable bonds is 2. The van der Waals surface area contributed by atoms with Crippen LogP contribution >= 0.6 is 0 Å². The molecular formula is C11H21N3O3. The van der Waals surface area contributed by atoms with Crippen molar-refractivity contribution in [2.45, 2.75) is 38.8 Å². The van der Waals surface area contributed by atoms with Crippen molar-refractivity contribution in [2.75, 3.05) is 19.6 Å². The van der Waals surface area contributed by atoms with Gasteiger partial charge < -0.3 is 20.7 Å². The normalized spacial score (nSPS) is 21.1. The lowest BCUT2D eigenvalue weighted by molar-refractivity contribution is -0.119. The molecule has 1 aliphatic rings. The summed E-state index contributed by atoms with van der Waals surface area (Å²) < 4.78 is 5.30. The van der Waals surface area contributed by atoms with Gasteiger partial charge in [-0.05, 0) is 20.8 Å². The lowest BCUT2D eigenvalue weighted by Crippen LogP contribution is -2.55. The molecule has 1 aliphatic heterocycles. The molecule has 6 heteroatoms. The first-order valence-electron chi connectivity index (χ1n) is 5.78. The molecular weight excluding hydrogens is 222 g/mol.